The third-order valence-electron chi connectivity index (χ3n) is 5.01. The van der Waals surface area contributed by atoms with Crippen molar-refractivity contribution < 1.29 is 8.42 Å². The lowest BCUT2D eigenvalue weighted by Gasteiger charge is -2.38. The van der Waals surface area contributed by atoms with E-state index in [1.807, 2.05) is 0 Å². The van der Waals surface area contributed by atoms with Crippen LogP contribution in [0.4, 0.5) is 0 Å². The standard InChI is InChI=1S/C15H31N3O2S/c1-14-8-7-11-18(12-14)21(19,20)17-15(13-16)9-5-3-2-4-6-10-15/h14,17H,2-13,16H2,1H3. The fraction of sp³-hybridized carbons (Fsp3) is 1.00. The maximum atomic E-state index is 12.7. The Kier molecular flexibility index (Phi) is 6.05. The lowest BCUT2D eigenvalue weighted by Crippen LogP contribution is -2.58. The van der Waals surface area contributed by atoms with Gasteiger partial charge in [0.2, 0.25) is 0 Å². The van der Waals surface area contributed by atoms with Crippen LogP contribution in [0, 0.1) is 5.92 Å². The highest BCUT2D eigenvalue weighted by Crippen LogP contribution is 2.27. The number of hydrogen-bond acceptors (Lipinski definition) is 3. The molecule has 0 aromatic carbocycles. The van der Waals surface area contributed by atoms with Gasteiger partial charge in [-0.05, 0) is 31.6 Å². The van der Waals surface area contributed by atoms with Gasteiger partial charge in [0.1, 0.15) is 0 Å². The Bertz CT molecular complexity index is 417. The molecular formula is C15H31N3O2S. The molecule has 2 fully saturated rings. The molecule has 0 aromatic rings. The van der Waals surface area contributed by atoms with Gasteiger partial charge in [-0.2, -0.15) is 17.4 Å². The summed E-state index contributed by atoms with van der Waals surface area (Å²) in [7, 11) is -3.41. The molecule has 0 spiro atoms. The zero-order valence-corrected chi connectivity index (χ0v) is 14.1. The third-order valence-corrected chi connectivity index (χ3v) is 6.71. The summed E-state index contributed by atoms with van der Waals surface area (Å²) >= 11 is 0. The summed E-state index contributed by atoms with van der Waals surface area (Å²) in [4.78, 5) is 0. The van der Waals surface area contributed by atoms with E-state index in [4.69, 9.17) is 5.73 Å². The topological polar surface area (TPSA) is 75.4 Å². The van der Waals surface area contributed by atoms with Crippen molar-refractivity contribution in [3.63, 3.8) is 0 Å². The van der Waals surface area contributed by atoms with Gasteiger partial charge in [0, 0.05) is 25.2 Å². The Hall–Kier alpha value is -0.170. The van der Waals surface area contributed by atoms with Crippen molar-refractivity contribution in [2.24, 2.45) is 11.7 Å². The molecule has 3 N–H and O–H groups in total. The number of piperidine rings is 1. The van der Waals surface area contributed by atoms with Crippen LogP contribution in [0.1, 0.15) is 64.7 Å². The molecule has 1 aliphatic carbocycles. The number of hydrogen-bond donors (Lipinski definition) is 2. The van der Waals surface area contributed by atoms with Gasteiger partial charge in [-0.1, -0.05) is 39.0 Å². The molecule has 1 atom stereocenters. The molecule has 1 unspecified atom stereocenters. The summed E-state index contributed by atoms with van der Waals surface area (Å²) in [6.07, 6.45) is 9.57. The Morgan fingerprint density at radius 3 is 2.33 bits per heavy atom. The summed E-state index contributed by atoms with van der Waals surface area (Å²) < 4.78 is 30.1. The smallest absolute Gasteiger partial charge is 0.280 e. The first-order chi connectivity index (χ1) is 9.97. The van der Waals surface area contributed by atoms with Crippen LogP contribution in [0.15, 0.2) is 0 Å². The minimum atomic E-state index is -3.41. The fourth-order valence-corrected chi connectivity index (χ4v) is 5.42. The molecule has 0 aromatic heterocycles. The zero-order valence-electron chi connectivity index (χ0n) is 13.3. The summed E-state index contributed by atoms with van der Waals surface area (Å²) in [5.41, 5.74) is 5.55. The van der Waals surface area contributed by atoms with Crippen LogP contribution in [0.3, 0.4) is 0 Å². The van der Waals surface area contributed by atoms with Crippen LogP contribution in [0.2, 0.25) is 0 Å². The van der Waals surface area contributed by atoms with Gasteiger partial charge in [0.15, 0.2) is 0 Å². The van der Waals surface area contributed by atoms with Crippen LogP contribution in [-0.4, -0.2) is 37.9 Å². The first-order valence-electron chi connectivity index (χ1n) is 8.47. The largest absolute Gasteiger partial charge is 0.329 e. The van der Waals surface area contributed by atoms with Crippen molar-refractivity contribution >= 4 is 10.2 Å². The maximum absolute atomic E-state index is 12.7. The molecule has 2 aliphatic rings. The van der Waals surface area contributed by atoms with E-state index in [1.54, 1.807) is 4.31 Å². The summed E-state index contributed by atoms with van der Waals surface area (Å²) in [5.74, 6) is 0.446. The Labute approximate surface area is 129 Å². The van der Waals surface area contributed by atoms with Crippen LogP contribution < -0.4 is 10.5 Å². The SMILES string of the molecule is CC1CCCN(S(=O)(=O)NC2(CN)CCCCCCC2)C1. The quantitative estimate of drug-likeness (QED) is 0.832. The van der Waals surface area contributed by atoms with Crippen LogP contribution in [-0.2, 0) is 10.2 Å². The van der Waals surface area contributed by atoms with Gasteiger partial charge in [0.05, 0.1) is 0 Å². The first kappa shape index (κ1) is 17.2. The number of nitrogens with one attached hydrogen (secondary N) is 1. The maximum Gasteiger partial charge on any atom is 0.280 e. The van der Waals surface area contributed by atoms with E-state index in [0.717, 1.165) is 38.5 Å². The van der Waals surface area contributed by atoms with E-state index >= 15 is 0 Å². The predicted octanol–water partition coefficient (Wildman–Crippen LogP) is 1.99. The Balaban J connectivity index is 2.07. The van der Waals surface area contributed by atoms with E-state index in [2.05, 4.69) is 11.6 Å². The normalized spacial score (nSPS) is 28.8. The second-order valence-corrected chi connectivity index (χ2v) is 8.64. The lowest BCUT2D eigenvalue weighted by atomic mass is 9.85. The van der Waals surface area contributed by atoms with E-state index in [9.17, 15) is 8.42 Å². The number of rotatable bonds is 4. The number of nitrogens with two attached hydrogens (primary N) is 1. The summed E-state index contributed by atoms with van der Waals surface area (Å²) in [6, 6.07) is 0. The second kappa shape index (κ2) is 7.40. The van der Waals surface area contributed by atoms with E-state index in [-0.39, 0.29) is 0 Å². The van der Waals surface area contributed by atoms with Gasteiger partial charge in [-0.25, -0.2) is 0 Å². The van der Waals surface area contributed by atoms with Gasteiger partial charge in [-0.15, -0.1) is 0 Å². The highest BCUT2D eigenvalue weighted by molar-refractivity contribution is 7.87. The molecule has 0 radical (unpaired) electrons. The molecule has 124 valence electrons. The molecule has 0 bridgehead atoms. The molecule has 1 saturated carbocycles. The summed E-state index contributed by atoms with van der Waals surface area (Å²) in [6.45, 7) is 3.79. The predicted molar refractivity (Wildman–Crippen MR) is 86.1 cm³/mol. The average Bonchev–Trinajstić information content (AvgIpc) is 2.42. The average molecular weight is 317 g/mol. The minimum Gasteiger partial charge on any atom is -0.329 e. The minimum absolute atomic E-state index is 0.398. The van der Waals surface area contributed by atoms with Crippen molar-refractivity contribution in [3.05, 3.63) is 0 Å². The Morgan fingerprint density at radius 1 is 1.14 bits per heavy atom. The molecular weight excluding hydrogens is 286 g/mol. The van der Waals surface area contributed by atoms with E-state index in [0.29, 0.717) is 25.6 Å². The first-order valence-corrected chi connectivity index (χ1v) is 9.91. The second-order valence-electron chi connectivity index (χ2n) is 6.96. The van der Waals surface area contributed by atoms with Gasteiger partial charge < -0.3 is 5.73 Å². The molecule has 1 heterocycles. The molecule has 6 heteroatoms. The van der Waals surface area contributed by atoms with Gasteiger partial charge in [0.25, 0.3) is 10.2 Å². The van der Waals surface area contributed by atoms with E-state index in [1.165, 1.54) is 19.3 Å². The Morgan fingerprint density at radius 2 is 1.76 bits per heavy atom. The monoisotopic (exact) mass is 317 g/mol. The molecule has 2 rings (SSSR count). The molecule has 1 saturated heterocycles. The molecule has 1 aliphatic heterocycles. The van der Waals surface area contributed by atoms with Crippen LogP contribution in [0.25, 0.3) is 0 Å². The van der Waals surface area contributed by atoms with Crippen LogP contribution >= 0.6 is 0 Å². The highest BCUT2D eigenvalue weighted by atomic mass is 32.2. The van der Waals surface area contributed by atoms with Crippen molar-refractivity contribution in [1.29, 1.82) is 0 Å². The van der Waals surface area contributed by atoms with Gasteiger partial charge in [-0.3, -0.25) is 0 Å². The van der Waals surface area contributed by atoms with E-state index < -0.39 is 15.7 Å². The molecule has 5 nitrogen and oxygen atoms in total. The van der Waals surface area contributed by atoms with Crippen molar-refractivity contribution in [2.75, 3.05) is 19.6 Å². The lowest BCUT2D eigenvalue weighted by molar-refractivity contribution is 0.255. The zero-order chi connectivity index (χ0) is 15.3. The third kappa shape index (κ3) is 4.65. The molecule has 21 heavy (non-hydrogen) atoms. The fourth-order valence-electron chi connectivity index (χ4n) is 3.63. The summed E-state index contributed by atoms with van der Waals surface area (Å²) in [5, 5.41) is 0. The van der Waals surface area contributed by atoms with Gasteiger partial charge >= 0.3 is 0 Å². The van der Waals surface area contributed by atoms with Crippen molar-refractivity contribution in [1.82, 2.24) is 9.03 Å². The highest BCUT2D eigenvalue weighted by Gasteiger charge is 2.36. The van der Waals surface area contributed by atoms with Crippen molar-refractivity contribution in [2.45, 2.75) is 70.3 Å². The van der Waals surface area contributed by atoms with Crippen LogP contribution in [0.5, 0.6) is 0 Å². The van der Waals surface area contributed by atoms with Crippen molar-refractivity contribution in [3.8, 4) is 0 Å². The molecule has 0 amide bonds. The number of nitrogens with zero attached hydrogens (tertiary/aromatic N) is 1.